The number of carbonyl (C=O) groups is 1. The van der Waals surface area contributed by atoms with E-state index in [-0.39, 0.29) is 0 Å². The minimum absolute atomic E-state index is 0.891. The lowest BCUT2D eigenvalue weighted by molar-refractivity contribution is -0.131. The van der Waals surface area contributed by atoms with E-state index in [1.54, 1.807) is 12.2 Å². The Hall–Kier alpha value is -1.05. The van der Waals surface area contributed by atoms with Crippen LogP contribution in [0.15, 0.2) is 24.3 Å². The molecule has 14 heavy (non-hydrogen) atoms. The van der Waals surface area contributed by atoms with Gasteiger partial charge < -0.3 is 5.11 Å². The SMILES string of the molecule is CCCCCCC/C=C/C=C\C(=O)O. The molecule has 0 fully saturated rings. The number of hydrogen-bond acceptors (Lipinski definition) is 1. The summed E-state index contributed by atoms with van der Waals surface area (Å²) in [5.41, 5.74) is 0. The van der Waals surface area contributed by atoms with Crippen LogP contribution in [-0.4, -0.2) is 11.1 Å². The Morgan fingerprint density at radius 2 is 1.86 bits per heavy atom. The number of aliphatic carboxylic acids is 1. The van der Waals surface area contributed by atoms with Crippen molar-refractivity contribution in [2.24, 2.45) is 0 Å². The summed E-state index contributed by atoms with van der Waals surface area (Å²) in [4.78, 5) is 10.1. The van der Waals surface area contributed by atoms with Gasteiger partial charge in [-0.2, -0.15) is 0 Å². The van der Waals surface area contributed by atoms with Gasteiger partial charge in [0.05, 0.1) is 0 Å². The smallest absolute Gasteiger partial charge is 0.328 e. The zero-order chi connectivity index (χ0) is 10.6. The molecular formula is C12H20O2. The van der Waals surface area contributed by atoms with Crippen molar-refractivity contribution < 1.29 is 9.90 Å². The van der Waals surface area contributed by atoms with Gasteiger partial charge in [-0.3, -0.25) is 0 Å². The van der Waals surface area contributed by atoms with Crippen LogP contribution in [0.3, 0.4) is 0 Å². The molecule has 0 atom stereocenters. The van der Waals surface area contributed by atoms with Crippen molar-refractivity contribution in [1.82, 2.24) is 0 Å². The second kappa shape index (κ2) is 10.0. The van der Waals surface area contributed by atoms with E-state index in [2.05, 4.69) is 6.92 Å². The van der Waals surface area contributed by atoms with Gasteiger partial charge in [-0.1, -0.05) is 50.8 Å². The van der Waals surface area contributed by atoms with Crippen LogP contribution in [0, 0.1) is 0 Å². The summed E-state index contributed by atoms with van der Waals surface area (Å²) < 4.78 is 0. The summed E-state index contributed by atoms with van der Waals surface area (Å²) in [5.74, 6) is -0.891. The van der Waals surface area contributed by atoms with Crippen molar-refractivity contribution >= 4 is 5.97 Å². The zero-order valence-electron chi connectivity index (χ0n) is 8.91. The Morgan fingerprint density at radius 3 is 2.50 bits per heavy atom. The van der Waals surface area contributed by atoms with Gasteiger partial charge in [0.2, 0.25) is 0 Å². The van der Waals surface area contributed by atoms with E-state index in [1.807, 2.05) is 6.08 Å². The van der Waals surface area contributed by atoms with Crippen molar-refractivity contribution in [3.05, 3.63) is 24.3 Å². The highest BCUT2D eigenvalue weighted by Crippen LogP contribution is 2.05. The van der Waals surface area contributed by atoms with E-state index in [1.165, 1.54) is 32.1 Å². The van der Waals surface area contributed by atoms with E-state index in [0.29, 0.717) is 0 Å². The second-order valence-electron chi connectivity index (χ2n) is 3.33. The molecule has 2 heteroatoms. The minimum atomic E-state index is -0.891. The Morgan fingerprint density at radius 1 is 1.14 bits per heavy atom. The molecule has 0 spiro atoms. The molecule has 0 amide bonds. The van der Waals surface area contributed by atoms with E-state index in [4.69, 9.17) is 5.11 Å². The van der Waals surface area contributed by atoms with Crippen LogP contribution in [0.4, 0.5) is 0 Å². The summed E-state index contributed by atoms with van der Waals surface area (Å²) in [6.45, 7) is 2.20. The summed E-state index contributed by atoms with van der Waals surface area (Å²) in [6.07, 6.45) is 14.0. The highest BCUT2D eigenvalue weighted by Gasteiger charge is 1.86. The summed E-state index contributed by atoms with van der Waals surface area (Å²) in [5, 5.41) is 8.29. The second-order valence-corrected chi connectivity index (χ2v) is 3.33. The third kappa shape index (κ3) is 11.0. The molecule has 0 unspecified atom stereocenters. The normalized spacial score (nSPS) is 11.5. The first-order valence-corrected chi connectivity index (χ1v) is 5.33. The Kier molecular flexibility index (Phi) is 9.28. The lowest BCUT2D eigenvalue weighted by Gasteiger charge is -1.95. The van der Waals surface area contributed by atoms with E-state index in [0.717, 1.165) is 12.5 Å². The van der Waals surface area contributed by atoms with Crippen molar-refractivity contribution in [2.75, 3.05) is 0 Å². The van der Waals surface area contributed by atoms with Crippen LogP contribution in [0.1, 0.15) is 45.4 Å². The molecule has 2 nitrogen and oxygen atoms in total. The maximum absolute atomic E-state index is 10.1. The Bertz CT molecular complexity index is 192. The number of hydrogen-bond donors (Lipinski definition) is 1. The predicted octanol–water partition coefficient (Wildman–Crippen LogP) is 3.54. The van der Waals surface area contributed by atoms with Gasteiger partial charge >= 0.3 is 5.97 Å². The molecule has 0 rings (SSSR count). The third-order valence-electron chi connectivity index (χ3n) is 1.96. The minimum Gasteiger partial charge on any atom is -0.478 e. The van der Waals surface area contributed by atoms with E-state index < -0.39 is 5.97 Å². The van der Waals surface area contributed by atoms with Gasteiger partial charge in [0, 0.05) is 6.08 Å². The molecule has 0 aliphatic heterocycles. The van der Waals surface area contributed by atoms with E-state index in [9.17, 15) is 4.79 Å². The van der Waals surface area contributed by atoms with Crippen molar-refractivity contribution in [2.45, 2.75) is 45.4 Å². The van der Waals surface area contributed by atoms with Gasteiger partial charge in [0.15, 0.2) is 0 Å². The van der Waals surface area contributed by atoms with Gasteiger partial charge in [0.1, 0.15) is 0 Å². The molecule has 0 aromatic heterocycles. The monoisotopic (exact) mass is 196 g/mol. The summed E-state index contributed by atoms with van der Waals surface area (Å²) in [7, 11) is 0. The third-order valence-corrected chi connectivity index (χ3v) is 1.96. The Balaban J connectivity index is 3.23. The zero-order valence-corrected chi connectivity index (χ0v) is 8.91. The first-order valence-electron chi connectivity index (χ1n) is 5.33. The fraction of sp³-hybridized carbons (Fsp3) is 0.583. The van der Waals surface area contributed by atoms with Crippen LogP contribution >= 0.6 is 0 Å². The first kappa shape index (κ1) is 12.9. The van der Waals surface area contributed by atoms with Gasteiger partial charge in [-0.15, -0.1) is 0 Å². The molecule has 0 aromatic rings. The highest BCUT2D eigenvalue weighted by atomic mass is 16.4. The highest BCUT2D eigenvalue weighted by molar-refractivity contribution is 5.80. The average Bonchev–Trinajstić information content (AvgIpc) is 2.15. The molecule has 0 aromatic carbocycles. The number of allylic oxidation sites excluding steroid dienone is 3. The molecule has 80 valence electrons. The van der Waals surface area contributed by atoms with Gasteiger partial charge in [-0.25, -0.2) is 4.79 Å². The first-order chi connectivity index (χ1) is 6.77. The Labute approximate surface area is 86.3 Å². The quantitative estimate of drug-likeness (QED) is 0.366. The van der Waals surface area contributed by atoms with Crippen molar-refractivity contribution in [3.63, 3.8) is 0 Å². The molecule has 0 heterocycles. The van der Waals surface area contributed by atoms with Crippen LogP contribution in [0.2, 0.25) is 0 Å². The number of carboxylic acids is 1. The number of carboxylic acid groups (broad SMARTS) is 1. The maximum Gasteiger partial charge on any atom is 0.328 e. The summed E-state index contributed by atoms with van der Waals surface area (Å²) in [6, 6.07) is 0. The molecule has 1 N–H and O–H groups in total. The molecule has 0 saturated heterocycles. The molecule has 0 radical (unpaired) electrons. The predicted molar refractivity (Wildman–Crippen MR) is 59.3 cm³/mol. The lowest BCUT2D eigenvalue weighted by atomic mass is 10.1. The fourth-order valence-electron chi connectivity index (χ4n) is 1.18. The van der Waals surface area contributed by atoms with Crippen molar-refractivity contribution in [1.29, 1.82) is 0 Å². The fourth-order valence-corrected chi connectivity index (χ4v) is 1.18. The van der Waals surface area contributed by atoms with Gasteiger partial charge in [0.25, 0.3) is 0 Å². The van der Waals surface area contributed by atoms with Crippen LogP contribution in [0.5, 0.6) is 0 Å². The van der Waals surface area contributed by atoms with Crippen LogP contribution in [-0.2, 0) is 4.79 Å². The van der Waals surface area contributed by atoms with Crippen LogP contribution in [0.25, 0.3) is 0 Å². The summed E-state index contributed by atoms with van der Waals surface area (Å²) >= 11 is 0. The number of unbranched alkanes of at least 4 members (excludes halogenated alkanes) is 5. The van der Waals surface area contributed by atoms with Crippen LogP contribution < -0.4 is 0 Å². The standard InChI is InChI=1S/C12H20O2/c1-2-3-4-5-6-7-8-9-10-11-12(13)14/h8-11H,2-7H2,1H3,(H,13,14)/b9-8+,11-10-. The van der Waals surface area contributed by atoms with Crippen molar-refractivity contribution in [3.8, 4) is 0 Å². The molecule has 0 bridgehead atoms. The van der Waals surface area contributed by atoms with E-state index >= 15 is 0 Å². The maximum atomic E-state index is 10.1. The molecule has 0 aliphatic carbocycles. The molecule has 0 aliphatic rings. The lowest BCUT2D eigenvalue weighted by Crippen LogP contribution is -1.84. The average molecular weight is 196 g/mol. The largest absolute Gasteiger partial charge is 0.478 e. The van der Waals surface area contributed by atoms with Gasteiger partial charge in [-0.05, 0) is 12.8 Å². The number of rotatable bonds is 8. The molecule has 0 saturated carbocycles. The topological polar surface area (TPSA) is 37.3 Å². The molecular weight excluding hydrogens is 176 g/mol.